The van der Waals surface area contributed by atoms with Crippen molar-refractivity contribution >= 4 is 39.4 Å². The lowest BCUT2D eigenvalue weighted by molar-refractivity contribution is 0.0492. The first-order valence-corrected chi connectivity index (χ1v) is 16.1. The molecule has 11 nitrogen and oxygen atoms in total. The van der Waals surface area contributed by atoms with Gasteiger partial charge in [0.05, 0.1) is 27.7 Å². The number of anilines is 2. The number of pyridine rings is 1. The minimum atomic E-state index is -3.63. The lowest BCUT2D eigenvalue weighted by Gasteiger charge is -2.30. The first kappa shape index (κ1) is 32.2. The molecule has 2 heterocycles. The van der Waals surface area contributed by atoms with Gasteiger partial charge in [-0.1, -0.05) is 18.5 Å². The molecule has 0 radical (unpaired) electrons. The zero-order chi connectivity index (χ0) is 31.2. The molecule has 232 valence electrons. The van der Waals surface area contributed by atoms with E-state index in [0.717, 1.165) is 31.7 Å². The molecule has 4 rings (SSSR count). The van der Waals surface area contributed by atoms with Crippen molar-refractivity contribution in [3.05, 3.63) is 53.6 Å². The third kappa shape index (κ3) is 9.39. The molecule has 1 fully saturated rings. The van der Waals surface area contributed by atoms with Gasteiger partial charge >= 0.3 is 6.09 Å². The fraction of sp³-hybridized carbons (Fsp3) is 0.448. The van der Waals surface area contributed by atoms with Crippen LogP contribution in [0.1, 0.15) is 59.8 Å². The number of alkyl carbamates (subject to hydrolysis) is 1. The summed E-state index contributed by atoms with van der Waals surface area (Å²) in [5.74, 6) is -0.807. The zero-order valence-corrected chi connectivity index (χ0v) is 26.1. The molecular weight excluding hydrogens is 599 g/mol. The Morgan fingerprint density at radius 1 is 1.09 bits per heavy atom. The van der Waals surface area contributed by atoms with Crippen LogP contribution in [0.5, 0.6) is 11.6 Å². The minimum Gasteiger partial charge on any atom is -0.444 e. The Labute approximate surface area is 256 Å². The molecule has 43 heavy (non-hydrogen) atoms. The predicted molar refractivity (Wildman–Crippen MR) is 163 cm³/mol. The molecule has 0 saturated heterocycles. The van der Waals surface area contributed by atoms with Gasteiger partial charge in [-0.3, -0.25) is 4.72 Å². The SMILES string of the molecule is CCCS(=O)(=O)Nc1cc(F)c(Oc2ncccc2-c2ccnc(N[C@H]3CC[C@H](NC(=O)OC(C)(C)C)CC3)n2)c(Cl)c1. The van der Waals surface area contributed by atoms with Gasteiger partial charge in [-0.25, -0.2) is 32.6 Å². The topological polar surface area (TPSA) is 144 Å². The van der Waals surface area contributed by atoms with Crippen molar-refractivity contribution in [1.29, 1.82) is 0 Å². The molecule has 0 atom stereocenters. The third-order valence-electron chi connectivity index (χ3n) is 6.43. The Hall–Kier alpha value is -3.71. The first-order valence-electron chi connectivity index (χ1n) is 14.0. The van der Waals surface area contributed by atoms with Gasteiger partial charge in [-0.2, -0.15) is 0 Å². The van der Waals surface area contributed by atoms with Crippen LogP contribution in [-0.2, 0) is 14.8 Å². The zero-order valence-electron chi connectivity index (χ0n) is 24.5. The number of carbonyl (C=O) groups is 1. The highest BCUT2D eigenvalue weighted by atomic mass is 35.5. The van der Waals surface area contributed by atoms with E-state index in [1.807, 2.05) is 20.8 Å². The number of nitrogens with one attached hydrogen (secondary N) is 3. The van der Waals surface area contributed by atoms with E-state index in [1.54, 1.807) is 31.3 Å². The van der Waals surface area contributed by atoms with E-state index in [1.165, 1.54) is 12.3 Å². The Kier molecular flexibility index (Phi) is 10.3. The number of sulfonamides is 1. The van der Waals surface area contributed by atoms with Gasteiger partial charge in [0.15, 0.2) is 11.6 Å². The summed E-state index contributed by atoms with van der Waals surface area (Å²) >= 11 is 6.30. The lowest BCUT2D eigenvalue weighted by Crippen LogP contribution is -2.42. The summed E-state index contributed by atoms with van der Waals surface area (Å²) in [5.41, 5.74) is 0.403. The summed E-state index contributed by atoms with van der Waals surface area (Å²) in [4.78, 5) is 25.3. The highest BCUT2D eigenvalue weighted by Gasteiger charge is 2.25. The Balaban J connectivity index is 1.43. The second kappa shape index (κ2) is 13.7. The third-order valence-corrected chi connectivity index (χ3v) is 8.20. The number of halogens is 2. The Morgan fingerprint density at radius 3 is 2.49 bits per heavy atom. The average Bonchev–Trinajstić information content (AvgIpc) is 2.91. The molecule has 3 N–H and O–H groups in total. The molecule has 2 aromatic heterocycles. The maximum absolute atomic E-state index is 15.0. The van der Waals surface area contributed by atoms with Crippen molar-refractivity contribution in [3.63, 3.8) is 0 Å². The summed E-state index contributed by atoms with van der Waals surface area (Å²) in [5, 5.41) is 6.16. The maximum Gasteiger partial charge on any atom is 0.407 e. The Morgan fingerprint density at radius 2 is 1.81 bits per heavy atom. The van der Waals surface area contributed by atoms with Crippen molar-refractivity contribution in [1.82, 2.24) is 20.3 Å². The molecule has 1 aliphatic carbocycles. The van der Waals surface area contributed by atoms with Crippen LogP contribution in [0.4, 0.5) is 20.8 Å². The van der Waals surface area contributed by atoms with E-state index in [9.17, 15) is 13.2 Å². The molecule has 0 aliphatic heterocycles. The molecular formula is C29H36ClFN6O5S. The normalized spacial score (nSPS) is 17.2. The van der Waals surface area contributed by atoms with E-state index in [2.05, 4.69) is 30.3 Å². The van der Waals surface area contributed by atoms with Crippen LogP contribution in [0, 0.1) is 5.82 Å². The van der Waals surface area contributed by atoms with Gasteiger partial charge in [0.2, 0.25) is 21.9 Å². The number of carbonyl (C=O) groups excluding carboxylic acids is 1. The van der Waals surface area contributed by atoms with Crippen LogP contribution in [-0.4, -0.2) is 52.9 Å². The van der Waals surface area contributed by atoms with Crippen LogP contribution < -0.4 is 20.1 Å². The number of nitrogens with zero attached hydrogens (tertiary/aromatic N) is 3. The van der Waals surface area contributed by atoms with Crippen molar-refractivity contribution in [2.45, 2.75) is 77.5 Å². The summed E-state index contributed by atoms with van der Waals surface area (Å²) in [6, 6.07) is 7.52. The van der Waals surface area contributed by atoms with E-state index >= 15 is 4.39 Å². The van der Waals surface area contributed by atoms with E-state index < -0.39 is 27.5 Å². The number of hydrogen-bond acceptors (Lipinski definition) is 9. The van der Waals surface area contributed by atoms with Gasteiger partial charge in [0.1, 0.15) is 5.60 Å². The minimum absolute atomic E-state index is 0.00860. The predicted octanol–water partition coefficient (Wildman–Crippen LogP) is 6.52. The van der Waals surface area contributed by atoms with Crippen LogP contribution >= 0.6 is 11.6 Å². The fourth-order valence-electron chi connectivity index (χ4n) is 4.60. The van der Waals surface area contributed by atoms with E-state index in [0.29, 0.717) is 23.6 Å². The van der Waals surface area contributed by atoms with Crippen molar-refractivity contribution in [2.24, 2.45) is 0 Å². The van der Waals surface area contributed by atoms with Gasteiger partial charge in [0, 0.05) is 30.5 Å². The molecule has 14 heteroatoms. The van der Waals surface area contributed by atoms with Crippen molar-refractivity contribution in [2.75, 3.05) is 15.8 Å². The monoisotopic (exact) mass is 634 g/mol. The molecule has 1 aromatic carbocycles. The van der Waals surface area contributed by atoms with Crippen LogP contribution in [0.25, 0.3) is 11.3 Å². The number of amides is 1. The standard InChI is InChI=1S/C29H36ClFN6O5S/c1-5-15-43(39,40)37-20-16-22(30)25(23(31)17-20)41-26-21(7-6-13-32-26)24-12-14-33-27(36-24)34-18-8-10-19(11-9-18)35-28(38)42-29(2,3)4/h6-7,12-14,16-19,37H,5,8-11,15H2,1-4H3,(H,35,38)(H,33,34,36)/t18-,19-. The van der Waals surface area contributed by atoms with Gasteiger partial charge < -0.3 is 20.1 Å². The van der Waals surface area contributed by atoms with Crippen LogP contribution in [0.3, 0.4) is 0 Å². The summed E-state index contributed by atoms with van der Waals surface area (Å²) < 4.78 is 52.7. The number of benzene rings is 1. The summed E-state index contributed by atoms with van der Waals surface area (Å²) in [6.45, 7) is 7.21. The van der Waals surface area contributed by atoms with Gasteiger partial charge in [-0.15, -0.1) is 0 Å². The molecule has 1 aliphatic rings. The van der Waals surface area contributed by atoms with Crippen LogP contribution in [0.2, 0.25) is 5.02 Å². The molecule has 0 unspecified atom stereocenters. The van der Waals surface area contributed by atoms with Gasteiger partial charge in [-0.05, 0) is 77.1 Å². The number of hydrogen-bond donors (Lipinski definition) is 3. The largest absolute Gasteiger partial charge is 0.444 e. The van der Waals surface area contributed by atoms with Crippen molar-refractivity contribution in [3.8, 4) is 22.9 Å². The lowest BCUT2D eigenvalue weighted by atomic mass is 9.91. The smallest absolute Gasteiger partial charge is 0.407 e. The molecule has 1 saturated carbocycles. The molecule has 0 bridgehead atoms. The Bertz CT molecular complexity index is 1520. The highest BCUT2D eigenvalue weighted by Crippen LogP contribution is 2.37. The number of ether oxygens (including phenoxy) is 2. The molecule has 1 amide bonds. The molecule has 0 spiro atoms. The van der Waals surface area contributed by atoms with E-state index in [-0.39, 0.29) is 40.2 Å². The quantitative estimate of drug-likeness (QED) is 0.227. The van der Waals surface area contributed by atoms with Crippen molar-refractivity contribution < 1.29 is 27.1 Å². The molecule has 3 aromatic rings. The second-order valence-electron chi connectivity index (χ2n) is 11.3. The number of rotatable bonds is 10. The highest BCUT2D eigenvalue weighted by molar-refractivity contribution is 7.92. The second-order valence-corrected chi connectivity index (χ2v) is 13.5. The maximum atomic E-state index is 15.0. The first-order chi connectivity index (χ1) is 20.3. The van der Waals surface area contributed by atoms with Crippen LogP contribution in [0.15, 0.2) is 42.7 Å². The van der Waals surface area contributed by atoms with Gasteiger partial charge in [0.25, 0.3) is 0 Å². The fourth-order valence-corrected chi connectivity index (χ4v) is 5.96. The number of aromatic nitrogens is 3. The summed E-state index contributed by atoms with van der Waals surface area (Å²) in [7, 11) is -3.63. The average molecular weight is 635 g/mol. The summed E-state index contributed by atoms with van der Waals surface area (Å²) in [6.07, 6.45) is 6.25. The van der Waals surface area contributed by atoms with E-state index in [4.69, 9.17) is 21.1 Å².